The molecule has 1 N–H and O–H groups in total. The Balaban J connectivity index is 1.74. The van der Waals surface area contributed by atoms with Crippen LogP contribution in [-0.4, -0.2) is 11.7 Å². The Morgan fingerprint density at radius 1 is 1.18 bits per heavy atom. The second-order valence-electron chi connectivity index (χ2n) is 6.63. The monoisotopic (exact) mass is 398 g/mol. The summed E-state index contributed by atoms with van der Waals surface area (Å²) in [5, 5.41) is 11.1. The average Bonchev–Trinajstić information content (AvgIpc) is 2.70. The fraction of sp³-hybridized carbons (Fsp3) is 0.227. The van der Waals surface area contributed by atoms with Crippen LogP contribution in [0.4, 0.5) is 0 Å². The van der Waals surface area contributed by atoms with E-state index in [2.05, 4.69) is 0 Å². The van der Waals surface area contributed by atoms with Crippen molar-refractivity contribution in [2.45, 2.75) is 19.3 Å². The van der Waals surface area contributed by atoms with Gasteiger partial charge in [0.2, 0.25) is 5.43 Å². The molecule has 6 heteroatoms. The summed E-state index contributed by atoms with van der Waals surface area (Å²) in [6.07, 6.45) is 3.87. The number of aromatic hydroxyl groups is 1. The summed E-state index contributed by atoms with van der Waals surface area (Å²) < 4.78 is 17.6. The van der Waals surface area contributed by atoms with E-state index in [1.54, 1.807) is 30.3 Å². The molecule has 2 aromatic carbocycles. The minimum atomic E-state index is -0.911. The van der Waals surface area contributed by atoms with Crippen molar-refractivity contribution >= 4 is 22.6 Å². The van der Waals surface area contributed by atoms with Crippen LogP contribution >= 0.6 is 11.6 Å². The highest BCUT2D eigenvalue weighted by atomic mass is 35.5. The highest BCUT2D eigenvalue weighted by Crippen LogP contribution is 2.41. The molecule has 0 amide bonds. The van der Waals surface area contributed by atoms with Crippen molar-refractivity contribution in [2.75, 3.05) is 6.61 Å². The first-order valence-corrected chi connectivity index (χ1v) is 9.35. The maximum Gasteiger partial charge on any atom is 0.201 e. The van der Waals surface area contributed by atoms with Crippen LogP contribution in [0.1, 0.15) is 30.4 Å². The van der Waals surface area contributed by atoms with Gasteiger partial charge in [-0.15, -0.1) is 0 Å². The van der Waals surface area contributed by atoms with E-state index in [9.17, 15) is 9.90 Å². The number of phenols is 1. The van der Waals surface area contributed by atoms with Crippen LogP contribution in [0.25, 0.3) is 11.0 Å². The van der Waals surface area contributed by atoms with Gasteiger partial charge in [-0.3, -0.25) is 4.79 Å². The maximum absolute atomic E-state index is 13.0. The molecule has 4 rings (SSSR count). The Morgan fingerprint density at radius 2 is 2.00 bits per heavy atom. The molecular formula is C22H19ClO5. The molecule has 3 atom stereocenters. The van der Waals surface area contributed by atoms with E-state index >= 15 is 0 Å². The van der Waals surface area contributed by atoms with Crippen molar-refractivity contribution in [3.05, 3.63) is 87.3 Å². The van der Waals surface area contributed by atoms with Crippen molar-refractivity contribution in [2.24, 2.45) is 5.92 Å². The first kappa shape index (κ1) is 18.7. The molecule has 1 saturated heterocycles. The molecule has 5 nitrogen and oxygen atoms in total. The zero-order chi connectivity index (χ0) is 19.7. The SMILES string of the molecule is C/C=C/[C@@H]1CO[C@H](c2coc3ccc(Cl)cc3c2=O)O[C@@H]1c1ccccc1O. The van der Waals surface area contributed by atoms with Crippen molar-refractivity contribution in [3.8, 4) is 5.75 Å². The predicted molar refractivity (Wildman–Crippen MR) is 106 cm³/mol. The van der Waals surface area contributed by atoms with E-state index in [0.717, 1.165) is 0 Å². The number of rotatable bonds is 3. The van der Waals surface area contributed by atoms with Crippen LogP contribution in [0.15, 0.2) is 70.1 Å². The molecule has 1 fully saturated rings. The summed E-state index contributed by atoms with van der Waals surface area (Å²) >= 11 is 6.02. The van der Waals surface area contributed by atoms with E-state index < -0.39 is 12.4 Å². The highest BCUT2D eigenvalue weighted by Gasteiger charge is 2.35. The van der Waals surface area contributed by atoms with Crippen LogP contribution in [-0.2, 0) is 9.47 Å². The second kappa shape index (κ2) is 7.80. The molecule has 0 radical (unpaired) electrons. The Labute approximate surface area is 166 Å². The maximum atomic E-state index is 13.0. The first-order valence-electron chi connectivity index (χ1n) is 8.97. The number of phenolic OH excluding ortho intramolecular Hbond substituents is 1. The summed E-state index contributed by atoms with van der Waals surface area (Å²) in [4.78, 5) is 13.0. The molecule has 3 aromatic rings. The Morgan fingerprint density at radius 3 is 2.79 bits per heavy atom. The van der Waals surface area contributed by atoms with Crippen LogP contribution in [0.3, 0.4) is 0 Å². The van der Waals surface area contributed by atoms with Crippen molar-refractivity contribution in [1.82, 2.24) is 0 Å². The largest absolute Gasteiger partial charge is 0.508 e. The molecule has 1 aliphatic heterocycles. The van der Waals surface area contributed by atoms with Gasteiger partial charge in [-0.25, -0.2) is 0 Å². The lowest BCUT2D eigenvalue weighted by molar-refractivity contribution is -0.237. The Hall–Kier alpha value is -2.60. The summed E-state index contributed by atoms with van der Waals surface area (Å²) in [6.45, 7) is 2.25. The lowest BCUT2D eigenvalue weighted by Gasteiger charge is -2.35. The van der Waals surface area contributed by atoms with Gasteiger partial charge in [-0.05, 0) is 31.2 Å². The Kier molecular flexibility index (Phi) is 5.22. The fourth-order valence-corrected chi connectivity index (χ4v) is 3.61. The molecule has 28 heavy (non-hydrogen) atoms. The summed E-state index contributed by atoms with van der Waals surface area (Å²) in [5.41, 5.74) is 1.09. The van der Waals surface area contributed by atoms with Gasteiger partial charge in [0.05, 0.1) is 23.7 Å². The zero-order valence-corrected chi connectivity index (χ0v) is 15.9. The van der Waals surface area contributed by atoms with Gasteiger partial charge in [0.1, 0.15) is 17.6 Å². The number of hydrogen-bond acceptors (Lipinski definition) is 5. The third-order valence-electron chi connectivity index (χ3n) is 4.80. The van der Waals surface area contributed by atoms with E-state index in [0.29, 0.717) is 28.2 Å². The number of allylic oxidation sites excluding steroid dienone is 1. The Bertz CT molecular complexity index is 1090. The predicted octanol–water partition coefficient (Wildman–Crippen LogP) is 5.13. The molecule has 0 saturated carbocycles. The summed E-state index contributed by atoms with van der Waals surface area (Å²) in [6, 6.07) is 11.9. The number of para-hydroxylation sites is 1. The normalized spacial score (nSPS) is 22.7. The second-order valence-corrected chi connectivity index (χ2v) is 7.07. The molecule has 1 aliphatic rings. The van der Waals surface area contributed by atoms with Gasteiger partial charge in [0, 0.05) is 16.5 Å². The van der Waals surface area contributed by atoms with Crippen molar-refractivity contribution in [1.29, 1.82) is 0 Å². The quantitative estimate of drug-likeness (QED) is 0.619. The molecular weight excluding hydrogens is 380 g/mol. The molecule has 2 heterocycles. The van der Waals surface area contributed by atoms with Crippen LogP contribution in [0.5, 0.6) is 5.75 Å². The topological polar surface area (TPSA) is 68.9 Å². The zero-order valence-electron chi connectivity index (χ0n) is 15.2. The number of benzene rings is 2. The number of fused-ring (bicyclic) bond motifs is 1. The van der Waals surface area contributed by atoms with Gasteiger partial charge >= 0.3 is 0 Å². The molecule has 1 aromatic heterocycles. The number of ether oxygens (including phenoxy) is 2. The molecule has 0 aliphatic carbocycles. The van der Waals surface area contributed by atoms with E-state index in [4.69, 9.17) is 25.5 Å². The van der Waals surface area contributed by atoms with Gasteiger partial charge in [0.15, 0.2) is 6.29 Å². The smallest absolute Gasteiger partial charge is 0.201 e. The lowest BCUT2D eigenvalue weighted by atomic mass is 9.94. The minimum absolute atomic E-state index is 0.100. The van der Waals surface area contributed by atoms with E-state index in [1.165, 1.54) is 6.26 Å². The van der Waals surface area contributed by atoms with Gasteiger partial charge in [0.25, 0.3) is 0 Å². The fourth-order valence-electron chi connectivity index (χ4n) is 3.44. The van der Waals surface area contributed by atoms with Crippen LogP contribution in [0, 0.1) is 5.92 Å². The highest BCUT2D eigenvalue weighted by molar-refractivity contribution is 6.31. The van der Waals surface area contributed by atoms with Crippen LogP contribution < -0.4 is 5.43 Å². The van der Waals surface area contributed by atoms with Crippen molar-refractivity contribution in [3.63, 3.8) is 0 Å². The molecule has 0 spiro atoms. The third kappa shape index (κ3) is 3.44. The molecule has 0 bridgehead atoms. The van der Waals surface area contributed by atoms with E-state index in [-0.39, 0.29) is 22.7 Å². The lowest BCUT2D eigenvalue weighted by Crippen LogP contribution is -2.31. The number of hydrogen-bond donors (Lipinski definition) is 1. The summed E-state index contributed by atoms with van der Waals surface area (Å²) in [5.74, 6) is 0.0384. The molecule has 0 unspecified atom stereocenters. The summed E-state index contributed by atoms with van der Waals surface area (Å²) in [7, 11) is 0. The van der Waals surface area contributed by atoms with Gasteiger partial charge in [-0.1, -0.05) is 42.0 Å². The first-order chi connectivity index (χ1) is 13.6. The number of halogens is 1. The minimum Gasteiger partial charge on any atom is -0.508 e. The van der Waals surface area contributed by atoms with E-state index in [1.807, 2.05) is 31.2 Å². The van der Waals surface area contributed by atoms with Gasteiger partial charge in [-0.2, -0.15) is 0 Å². The van der Waals surface area contributed by atoms with Crippen LogP contribution in [0.2, 0.25) is 5.02 Å². The molecule has 144 valence electrons. The standard InChI is InChI=1S/C22H19ClO5/c1-2-5-13-11-27-22(28-21(13)15-6-3-4-7-18(15)24)17-12-26-19-9-8-14(23)10-16(19)20(17)25/h2-10,12-13,21-22,24H,11H2,1H3/b5-2+/t13-,21+,22+/m1/s1. The third-order valence-corrected chi connectivity index (χ3v) is 5.03. The van der Waals surface area contributed by atoms with Crippen molar-refractivity contribution < 1.29 is 19.0 Å². The average molecular weight is 399 g/mol. The van der Waals surface area contributed by atoms with Gasteiger partial charge < -0.3 is 19.0 Å².